The fraction of sp³-hybridized carbons (Fsp3) is 0.500. The predicted octanol–water partition coefficient (Wildman–Crippen LogP) is 3.43. The fourth-order valence-corrected chi connectivity index (χ4v) is 5.94. The van der Waals surface area contributed by atoms with Gasteiger partial charge in [-0.3, -0.25) is 18.9 Å². The van der Waals surface area contributed by atoms with Gasteiger partial charge in [0.15, 0.2) is 5.79 Å². The number of fused-ring (bicyclic) bond motifs is 1. The lowest BCUT2D eigenvalue weighted by Crippen LogP contribution is -2.46. The first-order valence-electron chi connectivity index (χ1n) is 11.8. The first-order chi connectivity index (χ1) is 16.5. The SMILES string of the molecule is CCCCCN1C(=O)/C(=C\c2c(N3CCC4(CC3)OCCO4)nc3ccccn3c2=O)SC1=S. The van der Waals surface area contributed by atoms with Crippen LogP contribution in [0.15, 0.2) is 34.1 Å². The van der Waals surface area contributed by atoms with E-state index < -0.39 is 5.79 Å². The van der Waals surface area contributed by atoms with Gasteiger partial charge in [-0.1, -0.05) is 49.8 Å². The lowest BCUT2D eigenvalue weighted by atomic mass is 10.0. The maximum absolute atomic E-state index is 13.5. The van der Waals surface area contributed by atoms with Crippen molar-refractivity contribution in [2.45, 2.75) is 44.8 Å². The van der Waals surface area contributed by atoms with E-state index in [-0.39, 0.29) is 11.5 Å². The number of anilines is 1. The Kier molecular flexibility index (Phi) is 6.74. The highest BCUT2D eigenvalue weighted by atomic mass is 32.2. The average Bonchev–Trinajstić information content (AvgIpc) is 3.41. The lowest BCUT2D eigenvalue weighted by Gasteiger charge is -2.38. The second kappa shape index (κ2) is 9.77. The Morgan fingerprint density at radius 1 is 1.18 bits per heavy atom. The molecule has 1 amide bonds. The van der Waals surface area contributed by atoms with Gasteiger partial charge in [-0.25, -0.2) is 4.98 Å². The van der Waals surface area contributed by atoms with Crippen LogP contribution in [0.1, 0.15) is 44.6 Å². The van der Waals surface area contributed by atoms with Crippen LogP contribution in [0, 0.1) is 0 Å². The molecule has 0 atom stereocenters. The summed E-state index contributed by atoms with van der Waals surface area (Å²) < 4.78 is 13.8. The zero-order chi connectivity index (χ0) is 23.7. The number of carbonyl (C=O) groups excluding carboxylic acids is 1. The summed E-state index contributed by atoms with van der Waals surface area (Å²) in [6, 6.07) is 5.47. The molecule has 5 heterocycles. The van der Waals surface area contributed by atoms with Crippen molar-refractivity contribution in [1.29, 1.82) is 0 Å². The van der Waals surface area contributed by atoms with Gasteiger partial charge in [-0.2, -0.15) is 0 Å². The predicted molar refractivity (Wildman–Crippen MR) is 137 cm³/mol. The van der Waals surface area contributed by atoms with Crippen LogP contribution < -0.4 is 10.5 Å². The van der Waals surface area contributed by atoms with Gasteiger partial charge in [-0.15, -0.1) is 0 Å². The van der Waals surface area contributed by atoms with Gasteiger partial charge in [0.05, 0.1) is 23.7 Å². The number of amides is 1. The second-order valence-corrected chi connectivity index (χ2v) is 10.4. The molecule has 34 heavy (non-hydrogen) atoms. The van der Waals surface area contributed by atoms with Gasteiger partial charge in [0.2, 0.25) is 0 Å². The van der Waals surface area contributed by atoms with Crippen molar-refractivity contribution in [1.82, 2.24) is 14.3 Å². The van der Waals surface area contributed by atoms with Crippen LogP contribution in [0.3, 0.4) is 0 Å². The first-order valence-corrected chi connectivity index (χ1v) is 13.0. The highest BCUT2D eigenvalue weighted by Crippen LogP contribution is 2.36. The van der Waals surface area contributed by atoms with Crippen LogP contribution in [0.2, 0.25) is 0 Å². The third kappa shape index (κ3) is 4.39. The third-order valence-electron chi connectivity index (χ3n) is 6.52. The monoisotopic (exact) mass is 500 g/mol. The van der Waals surface area contributed by atoms with Crippen molar-refractivity contribution in [3.63, 3.8) is 0 Å². The maximum Gasteiger partial charge on any atom is 0.267 e. The van der Waals surface area contributed by atoms with E-state index in [1.807, 2.05) is 12.1 Å². The number of carbonyl (C=O) groups is 1. The Labute approximate surface area is 207 Å². The van der Waals surface area contributed by atoms with Crippen LogP contribution in [0.5, 0.6) is 0 Å². The van der Waals surface area contributed by atoms with Gasteiger partial charge < -0.3 is 14.4 Å². The molecule has 1 spiro atoms. The zero-order valence-corrected chi connectivity index (χ0v) is 20.8. The summed E-state index contributed by atoms with van der Waals surface area (Å²) in [5.74, 6) is -0.0796. The number of pyridine rings is 1. The molecule has 2 aromatic rings. The quantitative estimate of drug-likeness (QED) is 0.339. The summed E-state index contributed by atoms with van der Waals surface area (Å²) in [6.45, 7) is 5.25. The second-order valence-electron chi connectivity index (χ2n) is 8.72. The largest absolute Gasteiger partial charge is 0.355 e. The molecule has 180 valence electrons. The summed E-state index contributed by atoms with van der Waals surface area (Å²) in [4.78, 5) is 35.7. The molecule has 8 nitrogen and oxygen atoms in total. The third-order valence-corrected chi connectivity index (χ3v) is 7.90. The molecule has 3 fully saturated rings. The van der Waals surface area contributed by atoms with Crippen LogP contribution in [-0.2, 0) is 14.3 Å². The highest BCUT2D eigenvalue weighted by Gasteiger charge is 2.41. The van der Waals surface area contributed by atoms with Crippen molar-refractivity contribution >= 4 is 51.7 Å². The van der Waals surface area contributed by atoms with Gasteiger partial charge >= 0.3 is 0 Å². The van der Waals surface area contributed by atoms with Crippen molar-refractivity contribution in [3.8, 4) is 0 Å². The van der Waals surface area contributed by atoms with Crippen LogP contribution in [0.4, 0.5) is 5.82 Å². The summed E-state index contributed by atoms with van der Waals surface area (Å²) in [5, 5.41) is 0. The normalized spacial score (nSPS) is 21.5. The average molecular weight is 501 g/mol. The summed E-state index contributed by atoms with van der Waals surface area (Å²) in [6.07, 6.45) is 7.79. The molecule has 0 saturated carbocycles. The van der Waals surface area contributed by atoms with E-state index >= 15 is 0 Å². The minimum absolute atomic E-state index is 0.139. The van der Waals surface area contributed by atoms with Crippen molar-refractivity contribution < 1.29 is 14.3 Å². The van der Waals surface area contributed by atoms with Gasteiger partial charge in [0.25, 0.3) is 11.5 Å². The van der Waals surface area contributed by atoms with E-state index in [0.29, 0.717) is 71.9 Å². The number of thiocarbonyl (C=S) groups is 1. The Balaban J connectivity index is 1.50. The van der Waals surface area contributed by atoms with E-state index in [2.05, 4.69) is 11.8 Å². The highest BCUT2D eigenvalue weighted by molar-refractivity contribution is 8.26. The Hall–Kier alpha value is -2.27. The number of ether oxygens (including phenoxy) is 2. The molecule has 0 aliphatic carbocycles. The van der Waals surface area contributed by atoms with E-state index in [1.54, 1.807) is 23.2 Å². The standard InChI is InChI=1S/C24H28N4O4S2/c1-2-3-5-11-28-22(30)18(34-23(28)33)16-17-20(25-19-7-4-6-10-27(19)21(17)29)26-12-8-24(9-13-26)31-14-15-32-24/h4,6-7,10,16H,2-3,5,8-9,11-15H2,1H3/b18-16+. The van der Waals surface area contributed by atoms with Crippen molar-refractivity contribution in [2.75, 3.05) is 37.7 Å². The lowest BCUT2D eigenvalue weighted by molar-refractivity contribution is -0.169. The topological polar surface area (TPSA) is 76.4 Å². The minimum atomic E-state index is -0.524. The number of aromatic nitrogens is 2. The molecular formula is C24H28N4O4S2. The number of piperidine rings is 1. The Morgan fingerprint density at radius 2 is 1.94 bits per heavy atom. The van der Waals surface area contributed by atoms with Crippen LogP contribution in [-0.4, -0.2) is 63.1 Å². The number of hydrogen-bond acceptors (Lipinski definition) is 8. The molecule has 3 aliphatic rings. The minimum Gasteiger partial charge on any atom is -0.355 e. The fourth-order valence-electron chi connectivity index (χ4n) is 4.65. The van der Waals surface area contributed by atoms with Crippen molar-refractivity contribution in [2.24, 2.45) is 0 Å². The van der Waals surface area contributed by atoms with Crippen LogP contribution >= 0.6 is 24.0 Å². The van der Waals surface area contributed by atoms with Gasteiger partial charge in [-0.05, 0) is 24.6 Å². The molecule has 2 aromatic heterocycles. The molecule has 5 rings (SSSR count). The first kappa shape index (κ1) is 23.5. The number of rotatable bonds is 6. The molecule has 0 unspecified atom stereocenters. The van der Waals surface area contributed by atoms with E-state index in [4.69, 9.17) is 26.7 Å². The maximum atomic E-state index is 13.5. The molecule has 10 heteroatoms. The molecule has 0 bridgehead atoms. The van der Waals surface area contributed by atoms with Crippen molar-refractivity contribution in [3.05, 3.63) is 45.2 Å². The Bertz CT molecular complexity index is 1200. The summed E-state index contributed by atoms with van der Waals surface area (Å²) in [5.41, 5.74) is 0.771. The number of nitrogens with zero attached hydrogens (tertiary/aromatic N) is 4. The van der Waals surface area contributed by atoms with Crippen LogP contribution in [0.25, 0.3) is 11.7 Å². The summed E-state index contributed by atoms with van der Waals surface area (Å²) in [7, 11) is 0. The molecular weight excluding hydrogens is 472 g/mol. The summed E-state index contributed by atoms with van der Waals surface area (Å²) >= 11 is 6.73. The van der Waals surface area contributed by atoms with Gasteiger partial charge in [0.1, 0.15) is 15.8 Å². The molecule has 3 aliphatic heterocycles. The van der Waals surface area contributed by atoms with E-state index in [0.717, 1.165) is 19.3 Å². The number of hydrogen-bond donors (Lipinski definition) is 0. The molecule has 0 N–H and O–H groups in total. The zero-order valence-electron chi connectivity index (χ0n) is 19.2. The molecule has 3 saturated heterocycles. The molecule has 0 aromatic carbocycles. The number of thioether (sulfide) groups is 1. The number of unbranched alkanes of at least 4 members (excludes halogenated alkanes) is 2. The van der Waals surface area contributed by atoms with Gasteiger partial charge in [0, 0.05) is 38.7 Å². The van der Waals surface area contributed by atoms with E-state index in [1.165, 1.54) is 16.2 Å². The van der Waals surface area contributed by atoms with E-state index in [9.17, 15) is 9.59 Å². The molecule has 0 radical (unpaired) electrons. The smallest absolute Gasteiger partial charge is 0.267 e. The Morgan fingerprint density at radius 3 is 2.68 bits per heavy atom.